The Morgan fingerprint density at radius 1 is 1.34 bits per heavy atom. The van der Waals surface area contributed by atoms with Gasteiger partial charge >= 0.3 is 0 Å². The summed E-state index contributed by atoms with van der Waals surface area (Å²) in [5.74, 6) is -0.456. The number of rotatable bonds is 6. The minimum atomic E-state index is -2.79. The van der Waals surface area contributed by atoms with Crippen LogP contribution in [0.15, 0.2) is 23.4 Å². The molecule has 4 heterocycles. The van der Waals surface area contributed by atoms with Gasteiger partial charge in [0.15, 0.2) is 10.7 Å². The fourth-order valence-electron chi connectivity index (χ4n) is 3.84. The quantitative estimate of drug-likeness (QED) is 0.573. The molecule has 32 heavy (non-hydrogen) atoms. The summed E-state index contributed by atoms with van der Waals surface area (Å²) < 4.78 is 33.4. The molecule has 1 aliphatic heterocycles. The summed E-state index contributed by atoms with van der Waals surface area (Å²) in [5.41, 5.74) is -0.735. The molecule has 1 saturated heterocycles. The Balaban J connectivity index is 1.40. The number of carbonyl (C=O) groups is 1. The predicted octanol–water partition coefficient (Wildman–Crippen LogP) is 2.26. The van der Waals surface area contributed by atoms with Crippen molar-refractivity contribution in [2.75, 3.05) is 13.1 Å². The highest BCUT2D eigenvalue weighted by molar-refractivity contribution is 7.07. The molecule has 3 aromatic rings. The van der Waals surface area contributed by atoms with Crippen LogP contribution in [0, 0.1) is 6.92 Å². The Hall–Kier alpha value is -2.44. The highest BCUT2D eigenvalue weighted by Crippen LogP contribution is 2.27. The first kappa shape index (κ1) is 22.7. The SMILES string of the molecule is Cc1snc2c(=O)n(CC3(O)CCN(C(=O)C[C@@H](C(F)F)n4ccc(Cl)n4)CC3)cnc12. The van der Waals surface area contributed by atoms with Crippen LogP contribution in [0.2, 0.25) is 5.15 Å². The van der Waals surface area contributed by atoms with Gasteiger partial charge in [0.2, 0.25) is 5.91 Å². The normalized spacial score (nSPS) is 17.2. The number of amides is 1. The molecule has 172 valence electrons. The number of piperidine rings is 1. The molecule has 1 amide bonds. The molecule has 1 fully saturated rings. The number of nitrogens with zero attached hydrogens (tertiary/aromatic N) is 6. The zero-order chi connectivity index (χ0) is 23.0. The van der Waals surface area contributed by atoms with Gasteiger partial charge in [0.05, 0.1) is 24.9 Å². The second-order valence-electron chi connectivity index (χ2n) is 7.94. The molecule has 0 radical (unpaired) electrons. The second-order valence-corrected chi connectivity index (χ2v) is 9.31. The van der Waals surface area contributed by atoms with Crippen LogP contribution < -0.4 is 5.56 Å². The fourth-order valence-corrected chi connectivity index (χ4v) is 4.61. The lowest BCUT2D eigenvalue weighted by Gasteiger charge is -2.38. The number of fused-ring (bicyclic) bond motifs is 1. The molecule has 0 aliphatic carbocycles. The van der Waals surface area contributed by atoms with Crippen LogP contribution in [0.4, 0.5) is 8.78 Å². The number of hydrogen-bond acceptors (Lipinski definition) is 7. The molecule has 13 heteroatoms. The predicted molar refractivity (Wildman–Crippen MR) is 114 cm³/mol. The standard InChI is InChI=1S/C19H21ClF2N6O3S/c1-11-15-16(25-32-11)18(30)27(10-23-15)9-19(31)3-6-26(7-4-19)14(29)8-12(17(21)22)28-5-2-13(20)24-28/h2,5,10,12,17,31H,3-4,6-9H2,1H3/t12-/m0/s1. The largest absolute Gasteiger partial charge is 0.388 e. The van der Waals surface area contributed by atoms with Crippen LogP contribution in [0.5, 0.6) is 0 Å². The topological polar surface area (TPSA) is 106 Å². The molecule has 3 aromatic heterocycles. The summed E-state index contributed by atoms with van der Waals surface area (Å²) in [5, 5.41) is 14.8. The van der Waals surface area contributed by atoms with Crippen molar-refractivity contribution in [3.8, 4) is 0 Å². The van der Waals surface area contributed by atoms with E-state index in [-0.39, 0.29) is 48.7 Å². The Bertz CT molecular complexity index is 1190. The highest BCUT2D eigenvalue weighted by atomic mass is 35.5. The first-order chi connectivity index (χ1) is 15.2. The van der Waals surface area contributed by atoms with Gasteiger partial charge < -0.3 is 10.0 Å². The van der Waals surface area contributed by atoms with Crippen molar-refractivity contribution in [3.05, 3.63) is 39.0 Å². The van der Waals surface area contributed by atoms with Crippen molar-refractivity contribution >= 4 is 40.1 Å². The third-order valence-corrected chi connectivity index (χ3v) is 6.67. The van der Waals surface area contributed by atoms with Crippen LogP contribution in [-0.4, -0.2) is 64.7 Å². The van der Waals surface area contributed by atoms with Crippen LogP contribution in [0.25, 0.3) is 11.0 Å². The van der Waals surface area contributed by atoms with E-state index in [1.807, 2.05) is 6.92 Å². The van der Waals surface area contributed by atoms with Gasteiger partial charge in [-0.2, -0.15) is 9.47 Å². The molecule has 1 aliphatic rings. The number of halogens is 3. The summed E-state index contributed by atoms with van der Waals surface area (Å²) in [6.07, 6.45) is -0.117. The van der Waals surface area contributed by atoms with Gasteiger partial charge in [0.25, 0.3) is 12.0 Å². The third kappa shape index (κ3) is 4.52. The Morgan fingerprint density at radius 3 is 2.69 bits per heavy atom. The average molecular weight is 487 g/mol. The molecule has 4 rings (SSSR count). The third-order valence-electron chi connectivity index (χ3n) is 5.72. The molecule has 0 aromatic carbocycles. The smallest absolute Gasteiger partial charge is 0.281 e. The van der Waals surface area contributed by atoms with Crippen molar-refractivity contribution in [2.24, 2.45) is 0 Å². The molecular weight excluding hydrogens is 466 g/mol. The van der Waals surface area contributed by atoms with Gasteiger partial charge in [-0.25, -0.2) is 13.8 Å². The van der Waals surface area contributed by atoms with Crippen LogP contribution in [0.3, 0.4) is 0 Å². The number of hydrogen-bond donors (Lipinski definition) is 1. The van der Waals surface area contributed by atoms with Gasteiger partial charge in [-0.05, 0) is 37.4 Å². The van der Waals surface area contributed by atoms with Gasteiger partial charge in [0, 0.05) is 24.2 Å². The van der Waals surface area contributed by atoms with E-state index in [0.717, 1.165) is 9.56 Å². The molecule has 0 saturated carbocycles. The van der Waals surface area contributed by atoms with Crippen molar-refractivity contribution in [3.63, 3.8) is 0 Å². The Labute approximate surface area is 190 Å². The first-order valence-corrected chi connectivity index (χ1v) is 11.1. The zero-order valence-electron chi connectivity index (χ0n) is 17.1. The second kappa shape index (κ2) is 8.83. The maximum absolute atomic E-state index is 13.5. The molecule has 0 spiro atoms. The summed E-state index contributed by atoms with van der Waals surface area (Å²) in [6.45, 7) is 2.21. The number of carbonyl (C=O) groups excluding carboxylic acids is 1. The Morgan fingerprint density at radius 2 is 2.06 bits per heavy atom. The summed E-state index contributed by atoms with van der Waals surface area (Å²) in [7, 11) is 0. The maximum atomic E-state index is 13.5. The van der Waals surface area contributed by atoms with Gasteiger partial charge in [-0.15, -0.1) is 0 Å². The zero-order valence-corrected chi connectivity index (χ0v) is 18.7. The fraction of sp³-hybridized carbons (Fsp3) is 0.526. The van der Waals surface area contributed by atoms with Gasteiger partial charge in [-0.1, -0.05) is 11.6 Å². The molecular formula is C19H21ClF2N6O3S. The summed E-state index contributed by atoms with van der Waals surface area (Å²) in [4.78, 5) is 31.8. The molecule has 9 nitrogen and oxygen atoms in total. The lowest BCUT2D eigenvalue weighted by Crippen LogP contribution is -2.50. The van der Waals surface area contributed by atoms with Gasteiger partial charge in [0.1, 0.15) is 11.6 Å². The molecule has 1 N–H and O–H groups in total. The minimum Gasteiger partial charge on any atom is -0.388 e. The lowest BCUT2D eigenvalue weighted by atomic mass is 9.91. The van der Waals surface area contributed by atoms with E-state index in [1.165, 1.54) is 39.6 Å². The average Bonchev–Trinajstić information content (AvgIpc) is 3.34. The number of aliphatic hydroxyl groups is 1. The minimum absolute atomic E-state index is 0.0127. The van der Waals surface area contributed by atoms with E-state index in [4.69, 9.17) is 11.6 Å². The van der Waals surface area contributed by atoms with E-state index >= 15 is 0 Å². The molecule has 1 atom stereocenters. The number of likely N-dealkylation sites (tertiary alicyclic amines) is 1. The van der Waals surface area contributed by atoms with E-state index in [2.05, 4.69) is 14.5 Å². The van der Waals surface area contributed by atoms with Crippen molar-refractivity contribution in [2.45, 2.75) is 50.8 Å². The first-order valence-electron chi connectivity index (χ1n) is 9.97. The van der Waals surface area contributed by atoms with Crippen LogP contribution >= 0.6 is 23.1 Å². The van der Waals surface area contributed by atoms with E-state index in [0.29, 0.717) is 5.52 Å². The number of alkyl halides is 2. The van der Waals surface area contributed by atoms with E-state index in [9.17, 15) is 23.5 Å². The van der Waals surface area contributed by atoms with E-state index in [1.54, 1.807) is 0 Å². The number of aromatic nitrogens is 5. The van der Waals surface area contributed by atoms with Crippen molar-refractivity contribution in [1.29, 1.82) is 0 Å². The lowest BCUT2D eigenvalue weighted by molar-refractivity contribution is -0.138. The van der Waals surface area contributed by atoms with Gasteiger partial charge in [-0.3, -0.25) is 18.8 Å². The molecule has 0 unspecified atom stereocenters. The van der Waals surface area contributed by atoms with E-state index < -0.39 is 30.4 Å². The summed E-state index contributed by atoms with van der Waals surface area (Å²) in [6, 6.07) is -0.0440. The molecule has 0 bridgehead atoms. The van der Waals surface area contributed by atoms with Crippen molar-refractivity contribution < 1.29 is 18.7 Å². The maximum Gasteiger partial charge on any atom is 0.281 e. The van der Waals surface area contributed by atoms with Crippen LogP contribution in [0.1, 0.15) is 30.2 Å². The van der Waals surface area contributed by atoms with Crippen molar-refractivity contribution in [1.82, 2.24) is 28.6 Å². The monoisotopic (exact) mass is 486 g/mol. The Kier molecular flexibility index (Phi) is 6.28. The van der Waals surface area contributed by atoms with Crippen LogP contribution in [-0.2, 0) is 11.3 Å². The number of aryl methyl sites for hydroxylation is 1. The summed E-state index contributed by atoms with van der Waals surface area (Å²) >= 11 is 6.90. The highest BCUT2D eigenvalue weighted by Gasteiger charge is 2.36.